The van der Waals surface area contributed by atoms with E-state index in [2.05, 4.69) is 6.58 Å². The van der Waals surface area contributed by atoms with Gasteiger partial charge in [0, 0.05) is 5.02 Å². The Labute approximate surface area is 89.8 Å². The van der Waals surface area contributed by atoms with Crippen molar-refractivity contribution < 1.29 is 18.3 Å². The third-order valence-electron chi connectivity index (χ3n) is 2.01. The summed E-state index contributed by atoms with van der Waals surface area (Å²) in [6.07, 6.45) is -4.35. The molecule has 1 aromatic carbocycles. The zero-order chi connectivity index (χ0) is 11.7. The van der Waals surface area contributed by atoms with Crippen molar-refractivity contribution >= 4 is 11.6 Å². The molecule has 0 fully saturated rings. The Kier molecular flexibility index (Phi) is 3.11. The van der Waals surface area contributed by atoms with E-state index < -0.39 is 11.8 Å². The van der Waals surface area contributed by atoms with Crippen molar-refractivity contribution in [2.45, 2.75) is 11.8 Å². The van der Waals surface area contributed by atoms with Crippen LogP contribution in [0.4, 0.5) is 13.2 Å². The molecular weight excluding hydrogens is 229 g/mol. The van der Waals surface area contributed by atoms with Crippen molar-refractivity contribution in [1.29, 1.82) is 0 Å². The van der Waals surface area contributed by atoms with Crippen LogP contribution in [-0.2, 0) is 5.60 Å². The van der Waals surface area contributed by atoms with Gasteiger partial charge in [0.25, 0.3) is 0 Å². The predicted octanol–water partition coefficient (Wildman–Crippen LogP) is 3.28. The summed E-state index contributed by atoms with van der Waals surface area (Å²) in [4.78, 5) is 0. The Bertz CT molecular complexity index is 358. The number of halogens is 4. The molecule has 0 spiro atoms. The SMILES string of the molecule is C=C[C@](O)(c1ccc(Cl)cc1)C(F)(F)F. The molecule has 5 heteroatoms. The first-order valence-electron chi connectivity index (χ1n) is 4.00. The number of alkyl halides is 3. The van der Waals surface area contributed by atoms with Crippen molar-refractivity contribution in [3.8, 4) is 0 Å². The molecule has 15 heavy (non-hydrogen) atoms. The molecule has 0 unspecified atom stereocenters. The Morgan fingerprint density at radius 1 is 1.20 bits per heavy atom. The Hall–Kier alpha value is -1.00. The fraction of sp³-hybridized carbons (Fsp3) is 0.200. The van der Waals surface area contributed by atoms with Crippen LogP contribution >= 0.6 is 11.6 Å². The van der Waals surface area contributed by atoms with Gasteiger partial charge < -0.3 is 5.11 Å². The summed E-state index contributed by atoms with van der Waals surface area (Å²) in [5.41, 5.74) is -3.34. The van der Waals surface area contributed by atoms with E-state index in [0.717, 1.165) is 12.1 Å². The maximum absolute atomic E-state index is 12.5. The lowest BCUT2D eigenvalue weighted by Crippen LogP contribution is -2.40. The summed E-state index contributed by atoms with van der Waals surface area (Å²) in [5, 5.41) is 9.73. The third-order valence-corrected chi connectivity index (χ3v) is 2.26. The first kappa shape index (κ1) is 12.1. The predicted molar refractivity (Wildman–Crippen MR) is 51.6 cm³/mol. The molecule has 1 N–H and O–H groups in total. The quantitative estimate of drug-likeness (QED) is 0.782. The summed E-state index contributed by atoms with van der Waals surface area (Å²) < 4.78 is 37.6. The molecule has 0 amide bonds. The smallest absolute Gasteiger partial charge is 0.373 e. The summed E-state index contributed by atoms with van der Waals surface area (Å²) >= 11 is 5.53. The van der Waals surface area contributed by atoms with E-state index in [9.17, 15) is 18.3 Å². The molecule has 1 aromatic rings. The van der Waals surface area contributed by atoms with Crippen LogP contribution in [0.15, 0.2) is 36.9 Å². The van der Waals surface area contributed by atoms with Gasteiger partial charge in [0.2, 0.25) is 5.60 Å². The van der Waals surface area contributed by atoms with Crippen LogP contribution in [0, 0.1) is 0 Å². The van der Waals surface area contributed by atoms with Crippen LogP contribution in [0.3, 0.4) is 0 Å². The zero-order valence-corrected chi connectivity index (χ0v) is 8.31. The number of benzene rings is 1. The van der Waals surface area contributed by atoms with E-state index >= 15 is 0 Å². The lowest BCUT2D eigenvalue weighted by atomic mass is 9.93. The van der Waals surface area contributed by atoms with Gasteiger partial charge in [-0.1, -0.05) is 30.3 Å². The second-order valence-electron chi connectivity index (χ2n) is 2.98. The average Bonchev–Trinajstić information content (AvgIpc) is 2.16. The van der Waals surface area contributed by atoms with Crippen LogP contribution in [0.2, 0.25) is 5.02 Å². The Morgan fingerprint density at radius 3 is 2.00 bits per heavy atom. The van der Waals surface area contributed by atoms with Gasteiger partial charge in [-0.05, 0) is 23.8 Å². The van der Waals surface area contributed by atoms with Gasteiger partial charge in [-0.25, -0.2) is 0 Å². The first-order chi connectivity index (χ1) is 6.81. The highest BCUT2D eigenvalue weighted by Crippen LogP contribution is 2.39. The minimum absolute atomic E-state index is 0.298. The monoisotopic (exact) mass is 236 g/mol. The van der Waals surface area contributed by atoms with Crippen molar-refractivity contribution in [1.82, 2.24) is 0 Å². The molecule has 1 rings (SSSR count). The minimum Gasteiger partial charge on any atom is -0.373 e. The molecule has 0 saturated carbocycles. The number of rotatable bonds is 2. The summed E-state index contributed by atoms with van der Waals surface area (Å²) in [5.74, 6) is 0. The van der Waals surface area contributed by atoms with Crippen molar-refractivity contribution in [3.63, 3.8) is 0 Å². The van der Waals surface area contributed by atoms with Gasteiger partial charge in [-0.15, -0.1) is 0 Å². The largest absolute Gasteiger partial charge is 0.425 e. The molecule has 0 radical (unpaired) electrons. The van der Waals surface area contributed by atoms with Crippen LogP contribution in [-0.4, -0.2) is 11.3 Å². The van der Waals surface area contributed by atoms with Crippen LogP contribution in [0.25, 0.3) is 0 Å². The second kappa shape index (κ2) is 3.87. The fourth-order valence-corrected chi connectivity index (χ4v) is 1.23. The van der Waals surface area contributed by atoms with Crippen molar-refractivity contribution in [3.05, 3.63) is 47.5 Å². The highest BCUT2D eigenvalue weighted by Gasteiger charge is 2.52. The third kappa shape index (κ3) is 2.16. The topological polar surface area (TPSA) is 20.2 Å². The van der Waals surface area contributed by atoms with E-state index in [4.69, 9.17) is 11.6 Å². The highest BCUT2D eigenvalue weighted by molar-refractivity contribution is 6.30. The highest BCUT2D eigenvalue weighted by atomic mass is 35.5. The number of hydrogen-bond donors (Lipinski definition) is 1. The van der Waals surface area contributed by atoms with Gasteiger partial charge in [0.1, 0.15) is 0 Å². The lowest BCUT2D eigenvalue weighted by molar-refractivity contribution is -0.245. The second-order valence-corrected chi connectivity index (χ2v) is 3.41. The van der Waals surface area contributed by atoms with E-state index in [0.29, 0.717) is 11.1 Å². The molecule has 0 bridgehead atoms. The molecule has 0 heterocycles. The maximum Gasteiger partial charge on any atom is 0.425 e. The van der Waals surface area contributed by atoms with Crippen LogP contribution in [0.1, 0.15) is 5.56 Å². The molecule has 0 aliphatic heterocycles. The number of aliphatic hydroxyl groups is 1. The average molecular weight is 237 g/mol. The molecule has 1 nitrogen and oxygen atoms in total. The zero-order valence-electron chi connectivity index (χ0n) is 7.55. The Balaban J connectivity index is 3.24. The fourth-order valence-electron chi connectivity index (χ4n) is 1.10. The summed E-state index contributed by atoms with van der Waals surface area (Å²) in [7, 11) is 0. The summed E-state index contributed by atoms with van der Waals surface area (Å²) in [6.45, 7) is 3.00. The first-order valence-corrected chi connectivity index (χ1v) is 4.38. The Morgan fingerprint density at radius 2 is 1.67 bits per heavy atom. The van der Waals surface area contributed by atoms with E-state index in [-0.39, 0.29) is 5.56 Å². The molecular formula is C10H8ClF3O. The van der Waals surface area contributed by atoms with Crippen molar-refractivity contribution in [2.75, 3.05) is 0 Å². The summed E-state index contributed by atoms with van der Waals surface area (Å²) in [6, 6.07) is 4.77. The lowest BCUT2D eigenvalue weighted by Gasteiger charge is -2.27. The van der Waals surface area contributed by atoms with E-state index in [1.807, 2.05) is 0 Å². The normalized spacial score (nSPS) is 15.8. The molecule has 0 aliphatic rings. The minimum atomic E-state index is -4.80. The van der Waals surface area contributed by atoms with E-state index in [1.54, 1.807) is 0 Å². The molecule has 82 valence electrons. The maximum atomic E-state index is 12.5. The van der Waals surface area contributed by atoms with Gasteiger partial charge in [-0.2, -0.15) is 13.2 Å². The van der Waals surface area contributed by atoms with Gasteiger partial charge in [0.15, 0.2) is 0 Å². The molecule has 0 aromatic heterocycles. The van der Waals surface area contributed by atoms with Crippen LogP contribution in [0.5, 0.6) is 0 Å². The van der Waals surface area contributed by atoms with E-state index in [1.165, 1.54) is 12.1 Å². The van der Waals surface area contributed by atoms with Gasteiger partial charge in [-0.3, -0.25) is 0 Å². The van der Waals surface area contributed by atoms with Crippen LogP contribution < -0.4 is 0 Å². The molecule has 0 aliphatic carbocycles. The number of hydrogen-bond acceptors (Lipinski definition) is 1. The van der Waals surface area contributed by atoms with Gasteiger partial charge in [0.05, 0.1) is 0 Å². The standard InChI is InChI=1S/C10H8ClF3O/c1-2-9(15,10(12,13)14)7-3-5-8(11)6-4-7/h2-6,15H,1H2/t9-/m0/s1. The molecule has 0 saturated heterocycles. The van der Waals surface area contributed by atoms with Crippen molar-refractivity contribution in [2.24, 2.45) is 0 Å². The molecule has 1 atom stereocenters. The van der Waals surface area contributed by atoms with Gasteiger partial charge >= 0.3 is 6.18 Å².